The van der Waals surface area contributed by atoms with Gasteiger partial charge in [-0.2, -0.15) is 17.9 Å². The Morgan fingerprint density at radius 1 is 1.13 bits per heavy atom. The summed E-state index contributed by atoms with van der Waals surface area (Å²) in [7, 11) is 4.08. The predicted octanol–water partition coefficient (Wildman–Crippen LogP) is 2.09. The average Bonchev–Trinajstić information content (AvgIpc) is 3.19. The Morgan fingerprint density at radius 3 is 2.33 bits per heavy atom. The number of nitrogens with one attached hydrogen (secondary N) is 1. The first-order valence-electron chi connectivity index (χ1n) is 8.60. The van der Waals surface area contributed by atoms with Crippen molar-refractivity contribution in [3.8, 4) is 17.2 Å². The lowest BCUT2D eigenvalue weighted by Gasteiger charge is -2.30. The van der Waals surface area contributed by atoms with Gasteiger partial charge in [0.05, 0.1) is 33.5 Å². The van der Waals surface area contributed by atoms with Gasteiger partial charge in [-0.1, -0.05) is 5.10 Å². The molecule has 0 amide bonds. The number of halogens is 3. The maximum Gasteiger partial charge on any atom is 0.431 e. The van der Waals surface area contributed by atoms with Gasteiger partial charge in [-0.3, -0.25) is 0 Å². The zero-order valence-electron chi connectivity index (χ0n) is 16.4. The van der Waals surface area contributed by atoms with E-state index >= 15 is 0 Å². The number of alkyl halides is 3. The highest BCUT2D eigenvalue weighted by Gasteiger charge is 2.47. The van der Waals surface area contributed by atoms with Crippen molar-refractivity contribution in [3.63, 3.8) is 0 Å². The molecule has 1 aromatic heterocycles. The molecule has 0 spiro atoms. The number of nitrogens with zero attached hydrogens (tertiary/aromatic N) is 4. The van der Waals surface area contributed by atoms with Crippen LogP contribution < -0.4 is 19.5 Å². The molecule has 1 aliphatic rings. The Balaban J connectivity index is 2.35. The van der Waals surface area contributed by atoms with Crippen molar-refractivity contribution in [2.24, 2.45) is 0 Å². The van der Waals surface area contributed by atoms with Gasteiger partial charge in [-0.05, 0) is 23.4 Å². The van der Waals surface area contributed by atoms with Crippen LogP contribution in [0.4, 0.5) is 19.1 Å². The Morgan fingerprint density at radius 2 is 1.77 bits per heavy atom. The van der Waals surface area contributed by atoms with Crippen LogP contribution in [-0.4, -0.2) is 60.3 Å². The molecule has 2 heterocycles. The van der Waals surface area contributed by atoms with Crippen LogP contribution in [0.1, 0.15) is 18.5 Å². The summed E-state index contributed by atoms with van der Waals surface area (Å²) in [6.07, 6.45) is -4.92. The molecule has 1 atom stereocenters. The van der Waals surface area contributed by atoms with E-state index < -0.39 is 29.5 Å². The maximum absolute atomic E-state index is 13.8. The standard InChI is InChI=1S/C17H18F3N5O5/c1-5-30-15(26)12-13(8-6-10(28-3)11(29-4)7-9(8)27-2)25-16(22-23-24-25)21-14(12)17(18,19)20/h6-7,13H,5H2,1-4H3,(H,21,22,24). The molecule has 162 valence electrons. The fourth-order valence-corrected chi connectivity index (χ4v) is 3.09. The summed E-state index contributed by atoms with van der Waals surface area (Å²) in [4.78, 5) is 12.6. The summed E-state index contributed by atoms with van der Waals surface area (Å²) in [5.74, 6) is -0.873. The highest BCUT2D eigenvalue weighted by molar-refractivity contribution is 5.93. The number of aromatic nitrogens is 4. The summed E-state index contributed by atoms with van der Waals surface area (Å²) in [6, 6.07) is 1.41. The van der Waals surface area contributed by atoms with Gasteiger partial charge in [0.15, 0.2) is 11.5 Å². The third-order valence-electron chi connectivity index (χ3n) is 4.33. The number of allylic oxidation sites excluding steroid dienone is 1. The zero-order chi connectivity index (χ0) is 22.1. The number of carbonyl (C=O) groups excluding carboxylic acids is 1. The number of carbonyl (C=O) groups is 1. The van der Waals surface area contributed by atoms with E-state index in [9.17, 15) is 18.0 Å². The van der Waals surface area contributed by atoms with Crippen LogP contribution in [0, 0.1) is 0 Å². The minimum atomic E-state index is -4.92. The van der Waals surface area contributed by atoms with Gasteiger partial charge in [-0.15, -0.1) is 0 Å². The molecule has 0 bridgehead atoms. The summed E-state index contributed by atoms with van der Waals surface area (Å²) in [5, 5.41) is 12.8. The molecular formula is C17H18F3N5O5. The number of rotatable bonds is 6. The zero-order valence-corrected chi connectivity index (χ0v) is 16.4. The van der Waals surface area contributed by atoms with Crippen LogP contribution in [0.2, 0.25) is 0 Å². The minimum absolute atomic E-state index is 0.129. The monoisotopic (exact) mass is 429 g/mol. The number of benzene rings is 1. The summed E-state index contributed by atoms with van der Waals surface area (Å²) >= 11 is 0. The van der Waals surface area contributed by atoms with Crippen molar-refractivity contribution in [2.75, 3.05) is 33.3 Å². The highest BCUT2D eigenvalue weighted by atomic mass is 19.4. The van der Waals surface area contributed by atoms with Crippen LogP contribution in [0.25, 0.3) is 0 Å². The van der Waals surface area contributed by atoms with Crippen LogP contribution in [0.5, 0.6) is 17.2 Å². The van der Waals surface area contributed by atoms with Crippen LogP contribution in [0.3, 0.4) is 0 Å². The summed E-state index contributed by atoms with van der Waals surface area (Å²) in [5.41, 5.74) is -1.92. The second kappa shape index (κ2) is 8.08. The molecule has 13 heteroatoms. The first-order chi connectivity index (χ1) is 14.3. The quantitative estimate of drug-likeness (QED) is 0.690. The Bertz CT molecular complexity index is 989. The van der Waals surface area contributed by atoms with Crippen LogP contribution in [0.15, 0.2) is 23.4 Å². The molecule has 1 unspecified atom stereocenters. The number of fused-ring (bicyclic) bond motifs is 1. The molecule has 1 aromatic carbocycles. The van der Waals surface area contributed by atoms with E-state index in [0.29, 0.717) is 0 Å². The Hall–Kier alpha value is -3.51. The van der Waals surface area contributed by atoms with E-state index in [4.69, 9.17) is 18.9 Å². The molecule has 0 saturated heterocycles. The Kier molecular flexibility index (Phi) is 5.71. The lowest BCUT2D eigenvalue weighted by atomic mass is 9.94. The van der Waals surface area contributed by atoms with Gasteiger partial charge in [0.2, 0.25) is 5.95 Å². The van der Waals surface area contributed by atoms with Gasteiger partial charge in [0.1, 0.15) is 17.5 Å². The SMILES string of the molecule is CCOC(=O)C1=C(C(F)(F)F)Nc2nnnn2C1c1cc(OC)c(OC)cc1OC. The number of tetrazole rings is 1. The van der Waals surface area contributed by atoms with Crippen molar-refractivity contribution in [2.45, 2.75) is 19.1 Å². The molecule has 0 saturated carbocycles. The third-order valence-corrected chi connectivity index (χ3v) is 4.33. The number of esters is 1. The number of hydrogen-bond acceptors (Lipinski definition) is 9. The van der Waals surface area contributed by atoms with Crippen molar-refractivity contribution in [1.29, 1.82) is 0 Å². The largest absolute Gasteiger partial charge is 0.496 e. The molecular weight excluding hydrogens is 411 g/mol. The summed E-state index contributed by atoms with van der Waals surface area (Å²) in [6.45, 7) is 1.35. The van der Waals surface area contributed by atoms with Gasteiger partial charge in [-0.25, -0.2) is 4.79 Å². The van der Waals surface area contributed by atoms with Gasteiger partial charge >= 0.3 is 12.1 Å². The topological polar surface area (TPSA) is 110 Å². The minimum Gasteiger partial charge on any atom is -0.496 e. The molecule has 30 heavy (non-hydrogen) atoms. The Labute approximate surface area is 168 Å². The fraction of sp³-hybridized carbons (Fsp3) is 0.412. The molecule has 0 radical (unpaired) electrons. The van der Waals surface area contributed by atoms with Gasteiger partial charge in [0, 0.05) is 11.6 Å². The van der Waals surface area contributed by atoms with Crippen LogP contribution >= 0.6 is 0 Å². The maximum atomic E-state index is 13.8. The first kappa shape index (κ1) is 21.2. The normalized spacial score (nSPS) is 15.9. The van der Waals surface area contributed by atoms with E-state index in [0.717, 1.165) is 4.68 Å². The van der Waals surface area contributed by atoms with E-state index in [1.165, 1.54) is 40.4 Å². The molecule has 0 fully saturated rings. The second-order valence-corrected chi connectivity index (χ2v) is 5.93. The van der Waals surface area contributed by atoms with E-state index in [1.807, 2.05) is 0 Å². The average molecular weight is 429 g/mol. The second-order valence-electron chi connectivity index (χ2n) is 5.93. The molecule has 1 N–H and O–H groups in total. The number of ether oxygens (including phenoxy) is 4. The van der Waals surface area contributed by atoms with Crippen molar-refractivity contribution in [1.82, 2.24) is 20.2 Å². The van der Waals surface area contributed by atoms with E-state index in [-0.39, 0.29) is 35.4 Å². The molecule has 0 aliphatic carbocycles. The van der Waals surface area contributed by atoms with Crippen molar-refractivity contribution < 1.29 is 36.9 Å². The lowest BCUT2D eigenvalue weighted by Crippen LogP contribution is -2.35. The summed E-state index contributed by atoms with van der Waals surface area (Å²) < 4.78 is 63.3. The third kappa shape index (κ3) is 3.57. The van der Waals surface area contributed by atoms with Crippen LogP contribution in [-0.2, 0) is 9.53 Å². The highest BCUT2D eigenvalue weighted by Crippen LogP contribution is 2.46. The first-order valence-corrected chi connectivity index (χ1v) is 8.60. The number of hydrogen-bond donors (Lipinski definition) is 1. The van der Waals surface area contributed by atoms with Gasteiger partial charge in [0.25, 0.3) is 0 Å². The van der Waals surface area contributed by atoms with E-state index in [1.54, 1.807) is 0 Å². The fourth-order valence-electron chi connectivity index (χ4n) is 3.09. The van der Waals surface area contributed by atoms with Crippen molar-refractivity contribution in [3.05, 3.63) is 29.0 Å². The van der Waals surface area contributed by atoms with E-state index in [2.05, 4.69) is 20.8 Å². The molecule has 1 aliphatic heterocycles. The molecule has 2 aromatic rings. The molecule has 10 nitrogen and oxygen atoms in total. The van der Waals surface area contributed by atoms with Gasteiger partial charge < -0.3 is 24.3 Å². The number of methoxy groups -OCH3 is 3. The molecule has 3 rings (SSSR count). The predicted molar refractivity (Wildman–Crippen MR) is 95.4 cm³/mol. The smallest absolute Gasteiger partial charge is 0.431 e. The van der Waals surface area contributed by atoms with Crippen molar-refractivity contribution >= 4 is 11.9 Å². The lowest BCUT2D eigenvalue weighted by molar-refractivity contribution is -0.140. The number of anilines is 1.